The standard InChI is InChI=1S/C16H13FO5/c1-19-10-6-4-5-8-12(10)13-9(17)7-11(20-2)14(21-3)15(13)22-16(8)18/h4-7H,1-3H3. The lowest BCUT2D eigenvalue weighted by atomic mass is 10.1. The molecule has 0 fully saturated rings. The molecule has 0 saturated carbocycles. The van der Waals surface area contributed by atoms with Gasteiger partial charge in [-0.05, 0) is 12.1 Å². The summed E-state index contributed by atoms with van der Waals surface area (Å²) in [6.07, 6.45) is 0. The quantitative estimate of drug-likeness (QED) is 0.549. The first kappa shape index (κ1) is 14.2. The lowest BCUT2D eigenvalue weighted by Crippen LogP contribution is -2.04. The van der Waals surface area contributed by atoms with E-state index in [1.54, 1.807) is 18.2 Å². The Labute approximate surface area is 124 Å². The number of hydrogen-bond donors (Lipinski definition) is 0. The number of fused-ring (bicyclic) bond motifs is 3. The molecule has 0 aliphatic carbocycles. The summed E-state index contributed by atoms with van der Waals surface area (Å²) in [4.78, 5) is 12.2. The third kappa shape index (κ3) is 1.88. The molecule has 0 aliphatic heterocycles. The van der Waals surface area contributed by atoms with Gasteiger partial charge in [0, 0.05) is 11.5 Å². The minimum absolute atomic E-state index is 0.0126. The van der Waals surface area contributed by atoms with E-state index in [1.165, 1.54) is 27.4 Å². The zero-order chi connectivity index (χ0) is 15.9. The van der Waals surface area contributed by atoms with Gasteiger partial charge in [-0.1, -0.05) is 6.07 Å². The first-order valence-electron chi connectivity index (χ1n) is 6.46. The van der Waals surface area contributed by atoms with Gasteiger partial charge < -0.3 is 18.6 Å². The summed E-state index contributed by atoms with van der Waals surface area (Å²) in [6.45, 7) is 0. The highest BCUT2D eigenvalue weighted by atomic mass is 19.1. The van der Waals surface area contributed by atoms with Crippen molar-refractivity contribution < 1.29 is 23.0 Å². The maximum absolute atomic E-state index is 14.6. The molecule has 1 aromatic heterocycles. The van der Waals surface area contributed by atoms with E-state index in [2.05, 4.69) is 0 Å². The van der Waals surface area contributed by atoms with Crippen molar-refractivity contribution in [1.29, 1.82) is 0 Å². The molecular formula is C16H13FO5. The van der Waals surface area contributed by atoms with Crippen LogP contribution in [0.2, 0.25) is 0 Å². The van der Waals surface area contributed by atoms with Crippen LogP contribution in [0.25, 0.3) is 21.7 Å². The number of ether oxygens (including phenoxy) is 3. The van der Waals surface area contributed by atoms with Crippen molar-refractivity contribution >= 4 is 21.7 Å². The van der Waals surface area contributed by atoms with Gasteiger partial charge in [0.2, 0.25) is 5.75 Å². The van der Waals surface area contributed by atoms with Crippen molar-refractivity contribution in [2.75, 3.05) is 21.3 Å². The summed E-state index contributed by atoms with van der Waals surface area (Å²) in [6, 6.07) is 6.03. The minimum Gasteiger partial charge on any atom is -0.496 e. The molecule has 0 bridgehead atoms. The van der Waals surface area contributed by atoms with Gasteiger partial charge in [0.25, 0.3) is 0 Å². The number of rotatable bonds is 3. The van der Waals surface area contributed by atoms with Crippen LogP contribution in [0.3, 0.4) is 0 Å². The van der Waals surface area contributed by atoms with Crippen LogP contribution < -0.4 is 19.8 Å². The maximum atomic E-state index is 14.6. The summed E-state index contributed by atoms with van der Waals surface area (Å²) >= 11 is 0. The molecule has 22 heavy (non-hydrogen) atoms. The molecule has 5 nitrogen and oxygen atoms in total. The van der Waals surface area contributed by atoms with E-state index in [1.807, 2.05) is 0 Å². The van der Waals surface area contributed by atoms with Crippen molar-refractivity contribution in [3.8, 4) is 17.2 Å². The first-order valence-corrected chi connectivity index (χ1v) is 6.46. The highest BCUT2D eigenvalue weighted by Crippen LogP contribution is 2.41. The van der Waals surface area contributed by atoms with E-state index in [4.69, 9.17) is 18.6 Å². The van der Waals surface area contributed by atoms with Crippen LogP contribution in [0.1, 0.15) is 0 Å². The Morgan fingerprint density at radius 2 is 1.73 bits per heavy atom. The number of halogens is 1. The normalized spacial score (nSPS) is 10.9. The molecule has 0 aliphatic rings. The maximum Gasteiger partial charge on any atom is 0.344 e. The summed E-state index contributed by atoms with van der Waals surface area (Å²) in [5.41, 5.74) is -0.617. The second kappa shape index (κ2) is 5.22. The molecule has 0 saturated heterocycles. The average Bonchev–Trinajstić information content (AvgIpc) is 2.53. The number of hydrogen-bond acceptors (Lipinski definition) is 5. The van der Waals surface area contributed by atoms with E-state index >= 15 is 0 Å². The molecule has 0 spiro atoms. The van der Waals surface area contributed by atoms with Crippen LogP contribution in [-0.2, 0) is 0 Å². The van der Waals surface area contributed by atoms with E-state index < -0.39 is 11.4 Å². The Hall–Kier alpha value is -2.76. The molecule has 114 valence electrons. The van der Waals surface area contributed by atoms with Crippen molar-refractivity contribution in [2.45, 2.75) is 0 Å². The number of methoxy groups -OCH3 is 3. The van der Waals surface area contributed by atoms with Gasteiger partial charge in [-0.3, -0.25) is 0 Å². The molecule has 1 heterocycles. The second-order valence-electron chi connectivity index (χ2n) is 4.57. The Balaban J connectivity index is 2.66. The van der Waals surface area contributed by atoms with Crippen LogP contribution in [0, 0.1) is 5.82 Å². The van der Waals surface area contributed by atoms with Crippen molar-refractivity contribution in [3.63, 3.8) is 0 Å². The van der Waals surface area contributed by atoms with Gasteiger partial charge >= 0.3 is 5.63 Å². The van der Waals surface area contributed by atoms with E-state index in [0.29, 0.717) is 11.1 Å². The highest BCUT2D eigenvalue weighted by Gasteiger charge is 2.21. The molecule has 0 unspecified atom stereocenters. The third-order valence-electron chi connectivity index (χ3n) is 3.49. The SMILES string of the molecule is COc1cc(F)c2c(oc(=O)c3cccc(OC)c32)c1OC. The van der Waals surface area contributed by atoms with Crippen molar-refractivity contribution in [2.24, 2.45) is 0 Å². The fourth-order valence-corrected chi connectivity index (χ4v) is 2.54. The molecule has 2 aromatic carbocycles. The Morgan fingerprint density at radius 3 is 2.36 bits per heavy atom. The van der Waals surface area contributed by atoms with Crippen LogP contribution >= 0.6 is 0 Å². The third-order valence-corrected chi connectivity index (χ3v) is 3.49. The van der Waals surface area contributed by atoms with Gasteiger partial charge in [0.15, 0.2) is 11.3 Å². The predicted octanol–water partition coefficient (Wildman–Crippen LogP) is 3.11. The summed E-state index contributed by atoms with van der Waals surface area (Å²) < 4.78 is 35.4. The largest absolute Gasteiger partial charge is 0.496 e. The van der Waals surface area contributed by atoms with Gasteiger partial charge in [-0.15, -0.1) is 0 Å². The van der Waals surface area contributed by atoms with Crippen LogP contribution in [-0.4, -0.2) is 21.3 Å². The molecule has 0 atom stereocenters. The Morgan fingerprint density at radius 1 is 1.00 bits per heavy atom. The van der Waals surface area contributed by atoms with Crippen LogP contribution in [0.4, 0.5) is 4.39 Å². The second-order valence-corrected chi connectivity index (χ2v) is 4.57. The van der Waals surface area contributed by atoms with E-state index in [0.717, 1.165) is 0 Å². The summed E-state index contributed by atoms with van der Waals surface area (Å²) in [5, 5.41) is 0.692. The zero-order valence-electron chi connectivity index (χ0n) is 12.2. The molecular weight excluding hydrogens is 291 g/mol. The Kier molecular flexibility index (Phi) is 3.36. The van der Waals surface area contributed by atoms with E-state index in [9.17, 15) is 9.18 Å². The molecule has 6 heteroatoms. The molecule has 3 aromatic rings. The number of benzene rings is 2. The lowest BCUT2D eigenvalue weighted by Gasteiger charge is -2.13. The monoisotopic (exact) mass is 304 g/mol. The minimum atomic E-state index is -0.604. The topological polar surface area (TPSA) is 57.9 Å². The fraction of sp³-hybridized carbons (Fsp3) is 0.188. The molecule has 0 N–H and O–H groups in total. The summed E-state index contributed by atoms with van der Waals surface area (Å²) in [7, 11) is 4.22. The lowest BCUT2D eigenvalue weighted by molar-refractivity contribution is 0.350. The van der Waals surface area contributed by atoms with Crippen LogP contribution in [0.5, 0.6) is 17.2 Å². The van der Waals surface area contributed by atoms with Gasteiger partial charge in [0.1, 0.15) is 11.6 Å². The first-order chi connectivity index (χ1) is 10.6. The zero-order valence-corrected chi connectivity index (χ0v) is 12.2. The van der Waals surface area contributed by atoms with Crippen molar-refractivity contribution in [1.82, 2.24) is 0 Å². The van der Waals surface area contributed by atoms with Crippen LogP contribution in [0.15, 0.2) is 33.5 Å². The van der Waals surface area contributed by atoms with Gasteiger partial charge in [0.05, 0.1) is 32.1 Å². The Bertz CT molecular complexity index is 929. The van der Waals surface area contributed by atoms with E-state index in [-0.39, 0.29) is 27.9 Å². The van der Waals surface area contributed by atoms with Crippen molar-refractivity contribution in [3.05, 3.63) is 40.5 Å². The van der Waals surface area contributed by atoms with Gasteiger partial charge in [-0.25, -0.2) is 9.18 Å². The molecule has 0 radical (unpaired) electrons. The summed E-state index contributed by atoms with van der Waals surface area (Å²) in [5.74, 6) is 0.0844. The molecule has 3 rings (SSSR count). The van der Waals surface area contributed by atoms with Gasteiger partial charge in [-0.2, -0.15) is 0 Å². The average molecular weight is 304 g/mol. The highest BCUT2D eigenvalue weighted by molar-refractivity contribution is 6.10. The predicted molar refractivity (Wildman–Crippen MR) is 79.6 cm³/mol. The molecule has 0 amide bonds. The smallest absolute Gasteiger partial charge is 0.344 e. The fourth-order valence-electron chi connectivity index (χ4n) is 2.54.